The average Bonchev–Trinajstić information content (AvgIpc) is 2.12. The Bertz CT molecular complexity index is 374. The van der Waals surface area contributed by atoms with Crippen molar-refractivity contribution in [3.05, 3.63) is 35.2 Å². The van der Waals surface area contributed by atoms with E-state index in [0.717, 1.165) is 16.5 Å². The van der Waals surface area contributed by atoms with Gasteiger partial charge in [0.25, 0.3) is 0 Å². The highest BCUT2D eigenvalue weighted by Crippen LogP contribution is 2.27. The molecule has 0 fully saturated rings. The summed E-state index contributed by atoms with van der Waals surface area (Å²) >= 11 is 1.30. The van der Waals surface area contributed by atoms with Crippen LogP contribution in [-0.2, 0) is 4.79 Å². The molecule has 0 aliphatic carbocycles. The molecule has 1 rings (SSSR count). The van der Waals surface area contributed by atoms with Crippen molar-refractivity contribution in [2.75, 3.05) is 5.73 Å². The summed E-state index contributed by atoms with van der Waals surface area (Å²) < 4.78 is 0. The predicted molar refractivity (Wildman–Crippen MR) is 58.2 cm³/mol. The summed E-state index contributed by atoms with van der Waals surface area (Å²) in [5.41, 5.74) is 7.50. The second-order valence-corrected chi connectivity index (χ2v) is 3.69. The fraction of sp³-hybridized carbons (Fsp3) is 0.100. The van der Waals surface area contributed by atoms with Crippen LogP contribution in [-0.4, -0.2) is 11.1 Å². The summed E-state index contributed by atoms with van der Waals surface area (Å²) in [5, 5.41) is 9.89. The molecule has 0 unspecified atom stereocenters. The topological polar surface area (TPSA) is 63.3 Å². The van der Waals surface area contributed by atoms with Crippen LogP contribution in [0.25, 0.3) is 0 Å². The summed E-state index contributed by atoms with van der Waals surface area (Å²) in [4.78, 5) is 11.1. The van der Waals surface area contributed by atoms with Crippen molar-refractivity contribution in [1.29, 1.82) is 0 Å². The van der Waals surface area contributed by atoms with E-state index in [0.29, 0.717) is 5.69 Å². The first-order chi connectivity index (χ1) is 6.61. The summed E-state index contributed by atoms with van der Waals surface area (Å²) in [7, 11) is 0. The van der Waals surface area contributed by atoms with Gasteiger partial charge in [0.15, 0.2) is 0 Å². The van der Waals surface area contributed by atoms with Gasteiger partial charge in [0.05, 0.1) is 0 Å². The Morgan fingerprint density at radius 2 is 2.29 bits per heavy atom. The summed E-state index contributed by atoms with van der Waals surface area (Å²) in [6.07, 6.45) is 1.09. The van der Waals surface area contributed by atoms with Gasteiger partial charge in [0, 0.05) is 16.7 Å². The van der Waals surface area contributed by atoms with Crippen LogP contribution < -0.4 is 5.73 Å². The van der Waals surface area contributed by atoms with Gasteiger partial charge in [-0.2, -0.15) is 0 Å². The molecule has 1 aromatic carbocycles. The Labute approximate surface area is 86.6 Å². The lowest BCUT2D eigenvalue weighted by Crippen LogP contribution is -1.91. The molecule has 0 saturated carbocycles. The lowest BCUT2D eigenvalue weighted by molar-refractivity contribution is -0.131. The standard InChI is InChI=1S/C10H11NO2S/c1-7-3-2-4-8(10(7)11)14-6-5-9(12)13/h2-6H,11H2,1H3,(H,12,13)/b6-5+. The first kappa shape index (κ1) is 10.7. The molecule has 0 aliphatic rings. The molecule has 0 spiro atoms. The zero-order valence-corrected chi connectivity index (χ0v) is 8.54. The van der Waals surface area contributed by atoms with Crippen molar-refractivity contribution in [1.82, 2.24) is 0 Å². The number of carboxylic acid groups (broad SMARTS) is 1. The van der Waals surface area contributed by atoms with Crippen LogP contribution in [0.3, 0.4) is 0 Å². The number of hydrogen-bond acceptors (Lipinski definition) is 3. The minimum absolute atomic E-state index is 0.701. The van der Waals surface area contributed by atoms with E-state index in [1.54, 1.807) is 0 Å². The zero-order valence-electron chi connectivity index (χ0n) is 7.73. The van der Waals surface area contributed by atoms with Crippen molar-refractivity contribution < 1.29 is 9.90 Å². The van der Waals surface area contributed by atoms with Gasteiger partial charge < -0.3 is 10.8 Å². The number of aryl methyl sites for hydroxylation is 1. The maximum Gasteiger partial charge on any atom is 0.328 e. The fourth-order valence-electron chi connectivity index (χ4n) is 0.922. The molecular formula is C10H11NO2S. The van der Waals surface area contributed by atoms with Gasteiger partial charge in [0.1, 0.15) is 0 Å². The summed E-state index contributed by atoms with van der Waals surface area (Å²) in [6, 6.07) is 5.67. The monoisotopic (exact) mass is 209 g/mol. The Morgan fingerprint density at radius 1 is 1.57 bits per heavy atom. The maximum absolute atomic E-state index is 10.2. The third kappa shape index (κ3) is 2.81. The molecule has 3 N–H and O–H groups in total. The van der Waals surface area contributed by atoms with E-state index >= 15 is 0 Å². The molecule has 0 heterocycles. The molecule has 0 amide bonds. The summed E-state index contributed by atoms with van der Waals surface area (Å²) in [6.45, 7) is 1.92. The lowest BCUT2D eigenvalue weighted by atomic mass is 10.2. The second kappa shape index (κ2) is 4.72. The minimum atomic E-state index is -0.955. The maximum atomic E-state index is 10.2. The number of aliphatic carboxylic acids is 1. The SMILES string of the molecule is Cc1cccc(S/C=C/C(=O)O)c1N. The highest BCUT2D eigenvalue weighted by molar-refractivity contribution is 8.02. The number of nitrogen functional groups attached to an aromatic ring is 1. The minimum Gasteiger partial charge on any atom is -0.478 e. The van der Waals surface area contributed by atoms with E-state index in [1.165, 1.54) is 17.2 Å². The number of para-hydroxylation sites is 1. The van der Waals surface area contributed by atoms with Gasteiger partial charge >= 0.3 is 5.97 Å². The molecule has 74 valence electrons. The van der Waals surface area contributed by atoms with E-state index in [9.17, 15) is 4.79 Å². The van der Waals surface area contributed by atoms with Crippen LogP contribution in [0.2, 0.25) is 0 Å². The van der Waals surface area contributed by atoms with Crippen LogP contribution in [0.15, 0.2) is 34.6 Å². The summed E-state index contributed by atoms with van der Waals surface area (Å²) in [5.74, 6) is -0.955. The van der Waals surface area contributed by atoms with Crippen molar-refractivity contribution in [3.8, 4) is 0 Å². The van der Waals surface area contributed by atoms with Gasteiger partial charge in [-0.15, -0.1) is 0 Å². The molecule has 0 atom stereocenters. The fourth-order valence-corrected chi connectivity index (χ4v) is 1.70. The average molecular weight is 209 g/mol. The number of benzene rings is 1. The van der Waals surface area contributed by atoms with E-state index in [2.05, 4.69) is 0 Å². The molecular weight excluding hydrogens is 198 g/mol. The third-order valence-corrected chi connectivity index (χ3v) is 2.57. The number of thioether (sulfide) groups is 1. The number of carbonyl (C=O) groups is 1. The van der Waals surface area contributed by atoms with E-state index < -0.39 is 5.97 Å². The van der Waals surface area contributed by atoms with Gasteiger partial charge in [-0.25, -0.2) is 4.79 Å². The Balaban J connectivity index is 2.77. The van der Waals surface area contributed by atoms with E-state index in [4.69, 9.17) is 10.8 Å². The second-order valence-electron chi connectivity index (χ2n) is 2.75. The molecule has 0 aliphatic heterocycles. The zero-order chi connectivity index (χ0) is 10.6. The van der Waals surface area contributed by atoms with Crippen LogP contribution >= 0.6 is 11.8 Å². The van der Waals surface area contributed by atoms with Crippen molar-refractivity contribution in [2.24, 2.45) is 0 Å². The van der Waals surface area contributed by atoms with E-state index in [-0.39, 0.29) is 0 Å². The molecule has 4 heteroatoms. The number of nitrogens with two attached hydrogens (primary N) is 1. The smallest absolute Gasteiger partial charge is 0.328 e. The van der Waals surface area contributed by atoms with Crippen molar-refractivity contribution >= 4 is 23.4 Å². The molecule has 0 saturated heterocycles. The number of carboxylic acids is 1. The van der Waals surface area contributed by atoms with Crippen LogP contribution in [0.1, 0.15) is 5.56 Å². The number of anilines is 1. The first-order valence-electron chi connectivity index (χ1n) is 4.02. The number of hydrogen-bond donors (Lipinski definition) is 2. The molecule has 14 heavy (non-hydrogen) atoms. The molecule has 0 bridgehead atoms. The third-order valence-electron chi connectivity index (χ3n) is 1.69. The largest absolute Gasteiger partial charge is 0.478 e. The quantitative estimate of drug-likeness (QED) is 0.455. The lowest BCUT2D eigenvalue weighted by Gasteiger charge is -2.04. The Hall–Kier alpha value is -1.42. The Morgan fingerprint density at radius 3 is 2.93 bits per heavy atom. The van der Waals surface area contributed by atoms with Gasteiger partial charge in [-0.1, -0.05) is 23.9 Å². The van der Waals surface area contributed by atoms with Gasteiger partial charge in [0.2, 0.25) is 0 Å². The van der Waals surface area contributed by atoms with Crippen molar-refractivity contribution in [3.63, 3.8) is 0 Å². The highest BCUT2D eigenvalue weighted by atomic mass is 32.2. The van der Waals surface area contributed by atoms with E-state index in [1.807, 2.05) is 25.1 Å². The van der Waals surface area contributed by atoms with Crippen molar-refractivity contribution in [2.45, 2.75) is 11.8 Å². The Kier molecular flexibility index (Phi) is 3.59. The van der Waals surface area contributed by atoms with Crippen LogP contribution in [0, 0.1) is 6.92 Å². The van der Waals surface area contributed by atoms with Crippen LogP contribution in [0.5, 0.6) is 0 Å². The van der Waals surface area contributed by atoms with Gasteiger partial charge in [-0.3, -0.25) is 0 Å². The normalized spacial score (nSPS) is 10.6. The highest BCUT2D eigenvalue weighted by Gasteiger charge is 1.99. The molecule has 3 nitrogen and oxygen atoms in total. The van der Waals surface area contributed by atoms with Crippen LogP contribution in [0.4, 0.5) is 5.69 Å². The number of rotatable bonds is 3. The molecule has 0 radical (unpaired) electrons. The predicted octanol–water partition coefficient (Wildman–Crippen LogP) is 2.27. The molecule has 0 aromatic heterocycles. The first-order valence-corrected chi connectivity index (χ1v) is 4.90. The van der Waals surface area contributed by atoms with Gasteiger partial charge in [-0.05, 0) is 24.0 Å². The molecule has 1 aromatic rings.